The van der Waals surface area contributed by atoms with Gasteiger partial charge in [0, 0.05) is 16.0 Å². The first-order valence-electron chi connectivity index (χ1n) is 8.18. The average molecular weight is 411 g/mol. The highest BCUT2D eigenvalue weighted by Gasteiger charge is 2.33. The molecule has 1 aromatic heterocycles. The molecule has 4 nitrogen and oxygen atoms in total. The van der Waals surface area contributed by atoms with Gasteiger partial charge in [-0.15, -0.1) is 11.3 Å². The van der Waals surface area contributed by atoms with Crippen LogP contribution in [0, 0.1) is 0 Å². The number of thiocarbonyl (C=S) groups is 1. The van der Waals surface area contributed by atoms with Crippen molar-refractivity contribution in [2.75, 3.05) is 11.9 Å². The summed E-state index contributed by atoms with van der Waals surface area (Å²) >= 11 is 8.08. The Labute approximate surface area is 169 Å². The lowest BCUT2D eigenvalue weighted by atomic mass is 10.1. The number of rotatable bonds is 4. The van der Waals surface area contributed by atoms with Crippen LogP contribution < -0.4 is 5.32 Å². The predicted octanol–water partition coefficient (Wildman–Crippen LogP) is 4.74. The highest BCUT2D eigenvalue weighted by molar-refractivity contribution is 8.26. The van der Waals surface area contributed by atoms with Gasteiger partial charge in [-0.2, -0.15) is 0 Å². The van der Waals surface area contributed by atoms with Gasteiger partial charge in [-0.1, -0.05) is 66.4 Å². The summed E-state index contributed by atoms with van der Waals surface area (Å²) in [5, 5.41) is 6.84. The maximum atomic E-state index is 12.6. The number of thioether (sulfide) groups is 1. The third kappa shape index (κ3) is 3.80. The quantitative estimate of drug-likeness (QED) is 0.499. The molecule has 1 fully saturated rings. The van der Waals surface area contributed by atoms with Crippen molar-refractivity contribution in [2.24, 2.45) is 0 Å². The van der Waals surface area contributed by atoms with Crippen molar-refractivity contribution in [3.8, 4) is 0 Å². The number of carbonyl (C=O) groups is 2. The highest BCUT2D eigenvalue weighted by atomic mass is 32.2. The molecule has 1 aliphatic heterocycles. The van der Waals surface area contributed by atoms with E-state index in [0.717, 1.165) is 21.3 Å². The van der Waals surface area contributed by atoms with Crippen LogP contribution in [-0.4, -0.2) is 27.6 Å². The number of hydrogen-bond donors (Lipinski definition) is 1. The van der Waals surface area contributed by atoms with Gasteiger partial charge in [-0.25, -0.2) is 0 Å². The highest BCUT2D eigenvalue weighted by Crippen LogP contribution is 2.33. The summed E-state index contributed by atoms with van der Waals surface area (Å²) < 4.78 is 0.399. The molecule has 0 bridgehead atoms. The third-order valence-corrected chi connectivity index (χ3v) is 6.25. The van der Waals surface area contributed by atoms with E-state index in [9.17, 15) is 9.59 Å². The fourth-order valence-corrected chi connectivity index (χ4v) is 4.78. The zero-order valence-electron chi connectivity index (χ0n) is 14.0. The molecule has 2 aromatic carbocycles. The van der Waals surface area contributed by atoms with Gasteiger partial charge >= 0.3 is 0 Å². The summed E-state index contributed by atoms with van der Waals surface area (Å²) in [5.74, 6) is -0.508. The van der Waals surface area contributed by atoms with Crippen molar-refractivity contribution in [1.29, 1.82) is 0 Å². The molecular formula is C20H14N2O2S3. The second kappa shape index (κ2) is 7.64. The molecule has 7 heteroatoms. The molecule has 1 aliphatic rings. The van der Waals surface area contributed by atoms with Gasteiger partial charge < -0.3 is 5.32 Å². The van der Waals surface area contributed by atoms with E-state index < -0.39 is 0 Å². The Morgan fingerprint density at radius 2 is 1.93 bits per heavy atom. The van der Waals surface area contributed by atoms with E-state index in [2.05, 4.69) is 5.32 Å². The summed E-state index contributed by atoms with van der Waals surface area (Å²) in [6.07, 6.45) is 1.81. The number of benzene rings is 2. The molecule has 0 saturated carbocycles. The molecule has 2 amide bonds. The van der Waals surface area contributed by atoms with Crippen LogP contribution in [0.3, 0.4) is 0 Å². The minimum absolute atomic E-state index is 0.102. The van der Waals surface area contributed by atoms with Crippen molar-refractivity contribution in [1.82, 2.24) is 4.90 Å². The molecule has 0 radical (unpaired) electrons. The fourth-order valence-electron chi connectivity index (χ4n) is 2.81. The second-order valence-electron chi connectivity index (χ2n) is 5.86. The topological polar surface area (TPSA) is 49.4 Å². The molecule has 134 valence electrons. The van der Waals surface area contributed by atoms with Crippen LogP contribution in [0.5, 0.6) is 0 Å². The van der Waals surface area contributed by atoms with Crippen LogP contribution in [0.4, 0.5) is 5.69 Å². The molecule has 0 unspecified atom stereocenters. The molecule has 2 heterocycles. The van der Waals surface area contributed by atoms with Gasteiger partial charge in [0.05, 0.1) is 4.91 Å². The Morgan fingerprint density at radius 3 is 2.74 bits per heavy atom. The molecule has 1 saturated heterocycles. The molecule has 0 atom stereocenters. The smallest absolute Gasteiger partial charge is 0.266 e. The number of carbonyl (C=O) groups excluding carboxylic acids is 2. The van der Waals surface area contributed by atoms with Crippen molar-refractivity contribution in [3.05, 3.63) is 69.8 Å². The summed E-state index contributed by atoms with van der Waals surface area (Å²) in [5.41, 5.74) is 0.720. The van der Waals surface area contributed by atoms with E-state index in [1.165, 1.54) is 16.7 Å². The summed E-state index contributed by atoms with van der Waals surface area (Å²) in [4.78, 5) is 28.0. The van der Waals surface area contributed by atoms with Gasteiger partial charge in [0.1, 0.15) is 10.9 Å². The number of thiophene rings is 1. The number of anilines is 1. The van der Waals surface area contributed by atoms with Crippen molar-refractivity contribution in [2.45, 2.75) is 0 Å². The number of amides is 2. The SMILES string of the molecule is O=C(CN1C(=O)/C(=C/c2cccs2)SC1=S)Nc1cccc2ccccc12. The zero-order valence-corrected chi connectivity index (χ0v) is 16.5. The first-order chi connectivity index (χ1) is 13.1. The van der Waals surface area contributed by atoms with Crippen LogP contribution in [0.15, 0.2) is 64.9 Å². The number of fused-ring (bicyclic) bond motifs is 1. The van der Waals surface area contributed by atoms with Crippen LogP contribution in [0.25, 0.3) is 16.8 Å². The normalized spacial score (nSPS) is 15.7. The first-order valence-corrected chi connectivity index (χ1v) is 10.3. The fraction of sp³-hybridized carbons (Fsp3) is 0.0500. The molecular weight excluding hydrogens is 396 g/mol. The Bertz CT molecular complexity index is 1070. The molecule has 27 heavy (non-hydrogen) atoms. The van der Waals surface area contributed by atoms with Crippen LogP contribution >= 0.6 is 35.3 Å². The second-order valence-corrected chi connectivity index (χ2v) is 8.51. The van der Waals surface area contributed by atoms with Crippen molar-refractivity contribution < 1.29 is 9.59 Å². The molecule has 4 rings (SSSR count). The lowest BCUT2D eigenvalue weighted by molar-refractivity contribution is -0.126. The number of hydrogen-bond acceptors (Lipinski definition) is 5. The predicted molar refractivity (Wildman–Crippen MR) is 117 cm³/mol. The maximum absolute atomic E-state index is 12.6. The van der Waals surface area contributed by atoms with E-state index in [0.29, 0.717) is 9.23 Å². The number of nitrogens with one attached hydrogen (secondary N) is 1. The summed E-state index contributed by atoms with van der Waals surface area (Å²) in [7, 11) is 0. The van der Waals surface area contributed by atoms with E-state index in [1.807, 2.05) is 66.1 Å². The van der Waals surface area contributed by atoms with Crippen LogP contribution in [0.2, 0.25) is 0 Å². The molecule has 0 aliphatic carbocycles. The van der Waals surface area contributed by atoms with Gasteiger partial charge in [-0.05, 0) is 29.0 Å². The third-order valence-electron chi connectivity index (χ3n) is 4.06. The molecule has 1 N–H and O–H groups in total. The Kier molecular flexibility index (Phi) is 5.07. The Hall–Kier alpha value is -2.48. The van der Waals surface area contributed by atoms with Crippen molar-refractivity contribution >= 4 is 74.0 Å². The minimum atomic E-state index is -0.278. The first kappa shape index (κ1) is 17.9. The lowest BCUT2D eigenvalue weighted by Crippen LogP contribution is -2.36. The largest absolute Gasteiger partial charge is 0.324 e. The van der Waals surface area contributed by atoms with Crippen LogP contribution in [0.1, 0.15) is 4.88 Å². The van der Waals surface area contributed by atoms with Crippen LogP contribution in [-0.2, 0) is 9.59 Å². The Balaban J connectivity index is 1.49. The molecule has 3 aromatic rings. The monoisotopic (exact) mass is 410 g/mol. The standard InChI is InChI=1S/C20H14N2O2S3/c23-18(21-16-9-3-6-13-5-1-2-8-15(13)16)12-22-19(24)17(27-20(22)25)11-14-7-4-10-26-14/h1-11H,12H2,(H,21,23)/b17-11-. The lowest BCUT2D eigenvalue weighted by Gasteiger charge is -2.15. The van der Waals surface area contributed by atoms with E-state index >= 15 is 0 Å². The number of nitrogens with zero attached hydrogens (tertiary/aromatic N) is 1. The minimum Gasteiger partial charge on any atom is -0.324 e. The summed E-state index contributed by atoms with van der Waals surface area (Å²) in [6, 6.07) is 17.4. The van der Waals surface area contributed by atoms with E-state index in [-0.39, 0.29) is 18.4 Å². The maximum Gasteiger partial charge on any atom is 0.266 e. The molecule has 0 spiro atoms. The van der Waals surface area contributed by atoms with E-state index in [4.69, 9.17) is 12.2 Å². The Morgan fingerprint density at radius 1 is 1.11 bits per heavy atom. The average Bonchev–Trinajstić information content (AvgIpc) is 3.26. The zero-order chi connectivity index (χ0) is 18.8. The van der Waals surface area contributed by atoms with Gasteiger partial charge in [0.15, 0.2) is 0 Å². The van der Waals surface area contributed by atoms with Gasteiger partial charge in [0.2, 0.25) is 5.91 Å². The van der Waals surface area contributed by atoms with Gasteiger partial charge in [-0.3, -0.25) is 14.5 Å². The van der Waals surface area contributed by atoms with E-state index in [1.54, 1.807) is 11.3 Å². The van der Waals surface area contributed by atoms with Gasteiger partial charge in [0.25, 0.3) is 5.91 Å². The van der Waals surface area contributed by atoms with Crippen molar-refractivity contribution in [3.63, 3.8) is 0 Å². The summed E-state index contributed by atoms with van der Waals surface area (Å²) in [6.45, 7) is -0.102.